The molecule has 0 N–H and O–H groups in total. The molecule has 0 aliphatic rings. The molecular formula is C12H14F2OS. The summed E-state index contributed by atoms with van der Waals surface area (Å²) in [5, 5.41) is -1.11. The maximum Gasteiger partial charge on any atom is 0.320 e. The van der Waals surface area contributed by atoms with Gasteiger partial charge >= 0.3 is 5.92 Å². The van der Waals surface area contributed by atoms with Gasteiger partial charge in [0, 0.05) is 10.3 Å². The molecule has 0 unspecified atom stereocenters. The fraction of sp³-hybridized carbons (Fsp3) is 0.417. The van der Waals surface area contributed by atoms with Gasteiger partial charge in [-0.25, -0.2) is 0 Å². The maximum atomic E-state index is 13.6. The minimum absolute atomic E-state index is 0.538. The number of carbonyl (C=O) groups excluding carboxylic acids is 1. The number of thioether (sulfide) groups is 1. The third-order valence-corrected chi connectivity index (χ3v) is 3.10. The van der Waals surface area contributed by atoms with Gasteiger partial charge < -0.3 is 0 Å². The molecule has 0 atom stereocenters. The highest BCUT2D eigenvalue weighted by Crippen LogP contribution is 2.40. The van der Waals surface area contributed by atoms with Gasteiger partial charge in [0.15, 0.2) is 0 Å². The summed E-state index contributed by atoms with van der Waals surface area (Å²) < 4.78 is 27.3. The Morgan fingerprint density at radius 1 is 1.12 bits per heavy atom. The molecule has 0 saturated heterocycles. The Hall–Kier alpha value is -0.900. The van der Waals surface area contributed by atoms with E-state index >= 15 is 0 Å². The molecule has 1 nitrogen and oxygen atoms in total. The first-order valence-corrected chi connectivity index (χ1v) is 5.72. The largest absolute Gasteiger partial charge is 0.320 e. The molecule has 0 aliphatic carbocycles. The SMILES string of the molecule is CC(C)(C)C(F)(F)C(=O)Sc1ccccc1. The molecule has 0 radical (unpaired) electrons. The van der Waals surface area contributed by atoms with Crippen LogP contribution in [0.5, 0.6) is 0 Å². The quantitative estimate of drug-likeness (QED) is 0.732. The minimum Gasteiger partial charge on any atom is -0.280 e. The minimum atomic E-state index is -3.33. The normalized spacial score (nSPS) is 12.6. The van der Waals surface area contributed by atoms with Crippen LogP contribution in [0.2, 0.25) is 0 Å². The van der Waals surface area contributed by atoms with Gasteiger partial charge in [0.25, 0.3) is 5.12 Å². The van der Waals surface area contributed by atoms with E-state index in [-0.39, 0.29) is 0 Å². The molecule has 1 aromatic rings. The molecule has 0 aliphatic heterocycles. The average Bonchev–Trinajstić information content (AvgIpc) is 2.17. The molecule has 88 valence electrons. The van der Waals surface area contributed by atoms with Crippen LogP contribution in [0.4, 0.5) is 8.78 Å². The van der Waals surface area contributed by atoms with E-state index in [1.807, 2.05) is 0 Å². The molecular weight excluding hydrogens is 230 g/mol. The van der Waals surface area contributed by atoms with Crippen LogP contribution >= 0.6 is 11.8 Å². The second-order valence-corrected chi connectivity index (χ2v) is 5.57. The van der Waals surface area contributed by atoms with Gasteiger partial charge in [0.2, 0.25) is 0 Å². The third kappa shape index (κ3) is 2.82. The predicted octanol–water partition coefficient (Wildman–Crippen LogP) is 3.99. The summed E-state index contributed by atoms with van der Waals surface area (Å²) in [6.07, 6.45) is 0. The van der Waals surface area contributed by atoms with Crippen molar-refractivity contribution < 1.29 is 13.6 Å². The Kier molecular flexibility index (Phi) is 3.73. The van der Waals surface area contributed by atoms with Crippen molar-refractivity contribution in [3.63, 3.8) is 0 Å². The number of rotatable bonds is 2. The highest BCUT2D eigenvalue weighted by Gasteiger charge is 2.50. The Morgan fingerprint density at radius 2 is 1.62 bits per heavy atom. The van der Waals surface area contributed by atoms with Crippen molar-refractivity contribution >= 4 is 16.9 Å². The first kappa shape index (κ1) is 13.2. The average molecular weight is 244 g/mol. The van der Waals surface area contributed by atoms with Crippen molar-refractivity contribution in [1.82, 2.24) is 0 Å². The zero-order valence-electron chi connectivity index (χ0n) is 9.46. The monoisotopic (exact) mass is 244 g/mol. The zero-order valence-corrected chi connectivity index (χ0v) is 10.3. The van der Waals surface area contributed by atoms with Gasteiger partial charge in [-0.2, -0.15) is 8.78 Å². The van der Waals surface area contributed by atoms with Crippen LogP contribution in [0.25, 0.3) is 0 Å². The van der Waals surface area contributed by atoms with Crippen LogP contribution < -0.4 is 0 Å². The van der Waals surface area contributed by atoms with Crippen molar-refractivity contribution in [3.05, 3.63) is 30.3 Å². The van der Waals surface area contributed by atoms with Crippen LogP contribution in [0.3, 0.4) is 0 Å². The van der Waals surface area contributed by atoms with Gasteiger partial charge in [-0.05, 0) is 23.9 Å². The second-order valence-electron chi connectivity index (χ2n) is 4.53. The summed E-state index contributed by atoms with van der Waals surface area (Å²) in [5.74, 6) is -3.33. The summed E-state index contributed by atoms with van der Waals surface area (Å²) in [4.78, 5) is 12.0. The van der Waals surface area contributed by atoms with E-state index in [1.165, 1.54) is 20.8 Å². The molecule has 0 heterocycles. The van der Waals surface area contributed by atoms with E-state index in [1.54, 1.807) is 30.3 Å². The van der Waals surface area contributed by atoms with Gasteiger partial charge in [-0.3, -0.25) is 4.79 Å². The summed E-state index contributed by atoms with van der Waals surface area (Å²) >= 11 is 0.588. The molecule has 0 saturated carbocycles. The lowest BCUT2D eigenvalue weighted by molar-refractivity contribution is -0.149. The topological polar surface area (TPSA) is 17.1 Å². The lowest BCUT2D eigenvalue weighted by Gasteiger charge is -2.28. The first-order valence-electron chi connectivity index (χ1n) is 4.90. The number of benzene rings is 1. The summed E-state index contributed by atoms with van der Waals surface area (Å²) in [5.41, 5.74) is -1.36. The fourth-order valence-electron chi connectivity index (χ4n) is 0.966. The van der Waals surface area contributed by atoms with Gasteiger partial charge in [0.1, 0.15) is 0 Å². The summed E-state index contributed by atoms with van der Waals surface area (Å²) in [7, 11) is 0. The zero-order chi connectivity index (χ0) is 12.4. The van der Waals surface area contributed by atoms with Crippen LogP contribution in [0, 0.1) is 5.41 Å². The van der Waals surface area contributed by atoms with Crippen LogP contribution in [-0.2, 0) is 4.79 Å². The smallest absolute Gasteiger partial charge is 0.280 e. The Morgan fingerprint density at radius 3 is 2.06 bits per heavy atom. The van der Waals surface area contributed by atoms with Crippen LogP contribution in [-0.4, -0.2) is 11.0 Å². The summed E-state index contributed by atoms with van der Waals surface area (Å²) in [6, 6.07) is 8.48. The van der Waals surface area contributed by atoms with Gasteiger partial charge in [-0.1, -0.05) is 39.0 Å². The molecule has 0 aromatic heterocycles. The number of halogens is 2. The molecule has 0 amide bonds. The van der Waals surface area contributed by atoms with E-state index in [0.29, 0.717) is 16.7 Å². The Balaban J connectivity index is 2.81. The van der Waals surface area contributed by atoms with E-state index in [2.05, 4.69) is 0 Å². The Bertz CT molecular complexity index is 368. The number of hydrogen-bond acceptors (Lipinski definition) is 2. The molecule has 16 heavy (non-hydrogen) atoms. The second kappa shape index (κ2) is 4.53. The lowest BCUT2D eigenvalue weighted by atomic mass is 9.89. The molecule has 0 spiro atoms. The molecule has 1 aromatic carbocycles. The van der Waals surface area contributed by atoms with Gasteiger partial charge in [-0.15, -0.1) is 0 Å². The molecule has 0 fully saturated rings. The fourth-order valence-corrected chi connectivity index (χ4v) is 1.91. The Labute approximate surface area is 98.2 Å². The van der Waals surface area contributed by atoms with E-state index < -0.39 is 16.5 Å². The van der Waals surface area contributed by atoms with Crippen molar-refractivity contribution in [2.45, 2.75) is 31.6 Å². The van der Waals surface area contributed by atoms with Crippen molar-refractivity contribution in [3.8, 4) is 0 Å². The summed E-state index contributed by atoms with van der Waals surface area (Å²) in [6.45, 7) is 4.07. The maximum absolute atomic E-state index is 13.6. The van der Waals surface area contributed by atoms with Crippen molar-refractivity contribution in [1.29, 1.82) is 0 Å². The van der Waals surface area contributed by atoms with Crippen molar-refractivity contribution in [2.75, 3.05) is 0 Å². The number of hydrogen-bond donors (Lipinski definition) is 0. The third-order valence-electron chi connectivity index (χ3n) is 2.15. The number of carbonyl (C=O) groups is 1. The molecule has 1 rings (SSSR count). The highest BCUT2D eigenvalue weighted by atomic mass is 32.2. The van der Waals surface area contributed by atoms with Crippen LogP contribution in [0.15, 0.2) is 35.2 Å². The first-order chi connectivity index (χ1) is 7.25. The standard InChI is InChI=1S/C12H14F2OS/c1-11(2,3)12(13,14)10(15)16-9-7-5-4-6-8-9/h4-8H,1-3H3. The van der Waals surface area contributed by atoms with E-state index in [9.17, 15) is 13.6 Å². The lowest BCUT2D eigenvalue weighted by Crippen LogP contribution is -2.40. The van der Waals surface area contributed by atoms with Crippen LogP contribution in [0.1, 0.15) is 20.8 Å². The molecule has 0 bridgehead atoms. The van der Waals surface area contributed by atoms with E-state index in [4.69, 9.17) is 0 Å². The van der Waals surface area contributed by atoms with E-state index in [0.717, 1.165) is 0 Å². The van der Waals surface area contributed by atoms with Gasteiger partial charge in [0.05, 0.1) is 0 Å². The number of alkyl halides is 2. The highest BCUT2D eigenvalue weighted by molar-refractivity contribution is 8.13. The molecule has 4 heteroatoms. The predicted molar refractivity (Wildman–Crippen MR) is 61.7 cm³/mol. The van der Waals surface area contributed by atoms with Crippen molar-refractivity contribution in [2.24, 2.45) is 5.41 Å².